The molecule has 1 N–H and O–H groups in total. The first-order chi connectivity index (χ1) is 15.8. The molecule has 33 heavy (non-hydrogen) atoms. The van der Waals surface area contributed by atoms with Gasteiger partial charge in [0.05, 0.1) is 32.3 Å². The van der Waals surface area contributed by atoms with Gasteiger partial charge in [-0.15, -0.1) is 0 Å². The van der Waals surface area contributed by atoms with Crippen LogP contribution in [0.5, 0.6) is 0 Å². The number of anilines is 1. The third-order valence-electron chi connectivity index (χ3n) is 4.61. The Morgan fingerprint density at radius 2 is 1.88 bits per heavy atom. The molecule has 0 aliphatic rings. The van der Waals surface area contributed by atoms with Gasteiger partial charge in [-0.1, -0.05) is 47.6 Å². The summed E-state index contributed by atoms with van der Waals surface area (Å²) in [7, 11) is 0. The van der Waals surface area contributed by atoms with E-state index in [-0.39, 0.29) is 33.0 Å². The van der Waals surface area contributed by atoms with Crippen molar-refractivity contribution in [2.24, 2.45) is 0 Å². The topological polar surface area (TPSA) is 107 Å². The Morgan fingerprint density at radius 3 is 2.64 bits per heavy atom. The van der Waals surface area contributed by atoms with Crippen LogP contribution in [-0.2, 0) is 4.79 Å². The van der Waals surface area contributed by atoms with E-state index in [2.05, 4.69) is 10.3 Å². The minimum absolute atomic E-state index is 0.0577. The van der Waals surface area contributed by atoms with Crippen LogP contribution in [-0.4, -0.2) is 26.1 Å². The third-order valence-corrected chi connectivity index (χ3v) is 5.84. The van der Waals surface area contributed by atoms with Gasteiger partial charge in [-0.05, 0) is 36.4 Å². The third kappa shape index (κ3) is 4.71. The zero-order valence-corrected chi connectivity index (χ0v) is 18.3. The summed E-state index contributed by atoms with van der Waals surface area (Å²) in [5.74, 6) is -1.35. The van der Waals surface area contributed by atoms with Gasteiger partial charge in [0.15, 0.2) is 5.16 Å². The van der Waals surface area contributed by atoms with E-state index in [1.54, 1.807) is 30.3 Å². The summed E-state index contributed by atoms with van der Waals surface area (Å²) in [5, 5.41) is 14.0. The van der Waals surface area contributed by atoms with Crippen molar-refractivity contribution in [1.29, 1.82) is 0 Å². The normalized spacial score (nSPS) is 10.8. The van der Waals surface area contributed by atoms with E-state index in [0.717, 1.165) is 17.8 Å². The van der Waals surface area contributed by atoms with E-state index in [0.29, 0.717) is 10.9 Å². The summed E-state index contributed by atoms with van der Waals surface area (Å²) in [4.78, 5) is 40.8. The van der Waals surface area contributed by atoms with E-state index in [4.69, 9.17) is 11.6 Å². The highest BCUT2D eigenvalue weighted by molar-refractivity contribution is 7.99. The molecule has 0 saturated heterocycles. The molecular formula is C22H14ClFN4O4S. The summed E-state index contributed by atoms with van der Waals surface area (Å²) < 4.78 is 14.9. The maximum atomic E-state index is 13.7. The summed E-state index contributed by atoms with van der Waals surface area (Å²) in [6.07, 6.45) is 0. The lowest BCUT2D eigenvalue weighted by Gasteiger charge is -2.13. The number of hydrogen-bond acceptors (Lipinski definition) is 6. The minimum atomic E-state index is -0.639. The number of thioether (sulfide) groups is 1. The standard InChI is InChI=1S/C22H14ClFN4O4S/c23-15-11-13(9-10-16(15)24)27-21(30)14-5-1-2-6-17(14)26-22(27)33-12-20(29)25-18-7-3-4-8-19(18)28(31)32/h1-11H,12H2,(H,25,29). The summed E-state index contributed by atoms with van der Waals surface area (Å²) in [6, 6.07) is 16.3. The van der Waals surface area contributed by atoms with Gasteiger partial charge in [-0.25, -0.2) is 9.37 Å². The van der Waals surface area contributed by atoms with Crippen LogP contribution < -0.4 is 10.9 Å². The second-order valence-electron chi connectivity index (χ2n) is 6.76. The number of benzene rings is 3. The molecule has 0 fully saturated rings. The quantitative estimate of drug-likeness (QED) is 0.182. The fraction of sp³-hybridized carbons (Fsp3) is 0.0455. The molecule has 0 spiro atoms. The number of carbonyl (C=O) groups is 1. The van der Waals surface area contributed by atoms with Gasteiger partial charge in [0.25, 0.3) is 11.2 Å². The van der Waals surface area contributed by atoms with Crippen LogP contribution in [0.3, 0.4) is 0 Å². The number of para-hydroxylation sites is 3. The Morgan fingerprint density at radius 1 is 1.15 bits per heavy atom. The predicted octanol–water partition coefficient (Wildman–Crippen LogP) is 4.82. The Kier molecular flexibility index (Phi) is 6.38. The first kappa shape index (κ1) is 22.4. The van der Waals surface area contributed by atoms with E-state index in [1.165, 1.54) is 34.9 Å². The lowest BCUT2D eigenvalue weighted by atomic mass is 10.2. The fourth-order valence-electron chi connectivity index (χ4n) is 3.12. The second kappa shape index (κ2) is 9.39. The molecule has 0 unspecified atom stereocenters. The molecule has 0 bridgehead atoms. The lowest BCUT2D eigenvalue weighted by Crippen LogP contribution is -2.23. The number of aromatic nitrogens is 2. The molecule has 166 valence electrons. The van der Waals surface area contributed by atoms with Gasteiger partial charge in [0, 0.05) is 6.07 Å². The van der Waals surface area contributed by atoms with Gasteiger partial charge in [-0.2, -0.15) is 0 Å². The molecule has 0 saturated carbocycles. The van der Waals surface area contributed by atoms with Gasteiger partial charge in [-0.3, -0.25) is 24.3 Å². The summed E-state index contributed by atoms with van der Waals surface area (Å²) in [5.41, 5.74) is 0.115. The molecule has 4 rings (SSSR count). The van der Waals surface area contributed by atoms with Crippen molar-refractivity contribution in [3.8, 4) is 5.69 Å². The maximum Gasteiger partial charge on any atom is 0.292 e. The highest BCUT2D eigenvalue weighted by atomic mass is 35.5. The van der Waals surface area contributed by atoms with E-state index in [1.807, 2.05) is 0 Å². The van der Waals surface area contributed by atoms with E-state index in [9.17, 15) is 24.1 Å². The number of nitro benzene ring substituents is 1. The molecule has 0 aliphatic carbocycles. The van der Waals surface area contributed by atoms with Gasteiger partial charge < -0.3 is 5.32 Å². The van der Waals surface area contributed by atoms with Crippen molar-refractivity contribution in [1.82, 2.24) is 9.55 Å². The Labute approximate surface area is 195 Å². The maximum absolute atomic E-state index is 13.7. The van der Waals surface area contributed by atoms with Crippen LogP contribution in [0, 0.1) is 15.9 Å². The molecule has 1 aromatic heterocycles. The molecular weight excluding hydrogens is 471 g/mol. The monoisotopic (exact) mass is 484 g/mol. The van der Waals surface area contributed by atoms with Crippen molar-refractivity contribution < 1.29 is 14.1 Å². The number of carbonyl (C=O) groups excluding carboxylic acids is 1. The summed E-state index contributed by atoms with van der Waals surface area (Å²) in [6.45, 7) is 0. The number of nitro groups is 1. The smallest absolute Gasteiger partial charge is 0.292 e. The molecule has 3 aromatic carbocycles. The zero-order valence-electron chi connectivity index (χ0n) is 16.7. The van der Waals surface area contributed by atoms with Crippen LogP contribution in [0.25, 0.3) is 16.6 Å². The van der Waals surface area contributed by atoms with Gasteiger partial charge in [0.1, 0.15) is 11.5 Å². The number of fused-ring (bicyclic) bond motifs is 1. The van der Waals surface area contributed by atoms with Crippen molar-refractivity contribution >= 4 is 51.5 Å². The van der Waals surface area contributed by atoms with Crippen molar-refractivity contribution in [2.45, 2.75) is 5.16 Å². The van der Waals surface area contributed by atoms with E-state index >= 15 is 0 Å². The van der Waals surface area contributed by atoms with Crippen LogP contribution in [0.2, 0.25) is 5.02 Å². The van der Waals surface area contributed by atoms with Gasteiger partial charge in [0.2, 0.25) is 5.91 Å². The number of amides is 1. The molecule has 8 nitrogen and oxygen atoms in total. The number of rotatable bonds is 6. The molecule has 1 heterocycles. The molecule has 0 atom stereocenters. The number of halogens is 2. The van der Waals surface area contributed by atoms with Crippen LogP contribution >= 0.6 is 23.4 Å². The first-order valence-electron chi connectivity index (χ1n) is 9.48. The van der Waals surface area contributed by atoms with Crippen molar-refractivity contribution in [2.75, 3.05) is 11.1 Å². The minimum Gasteiger partial charge on any atom is -0.320 e. The highest BCUT2D eigenvalue weighted by Crippen LogP contribution is 2.26. The van der Waals surface area contributed by atoms with Crippen LogP contribution in [0.15, 0.2) is 76.7 Å². The Hall–Kier alpha value is -3.76. The van der Waals surface area contributed by atoms with E-state index < -0.39 is 22.2 Å². The SMILES string of the molecule is O=C(CSc1nc2ccccc2c(=O)n1-c1ccc(F)c(Cl)c1)Nc1ccccc1[N+](=O)[O-]. The lowest BCUT2D eigenvalue weighted by molar-refractivity contribution is -0.383. The second-order valence-corrected chi connectivity index (χ2v) is 8.11. The number of nitrogens with zero attached hydrogens (tertiary/aromatic N) is 3. The molecule has 4 aromatic rings. The molecule has 0 radical (unpaired) electrons. The van der Waals surface area contributed by atoms with Crippen molar-refractivity contribution in [3.05, 3.63) is 98.0 Å². The zero-order chi connectivity index (χ0) is 23.5. The highest BCUT2D eigenvalue weighted by Gasteiger charge is 2.18. The number of nitrogens with one attached hydrogen (secondary N) is 1. The fourth-order valence-corrected chi connectivity index (χ4v) is 4.10. The summed E-state index contributed by atoms with van der Waals surface area (Å²) >= 11 is 6.86. The van der Waals surface area contributed by atoms with Crippen molar-refractivity contribution in [3.63, 3.8) is 0 Å². The van der Waals surface area contributed by atoms with Gasteiger partial charge >= 0.3 is 0 Å². The van der Waals surface area contributed by atoms with Crippen LogP contribution in [0.1, 0.15) is 0 Å². The molecule has 11 heteroatoms. The first-order valence-corrected chi connectivity index (χ1v) is 10.8. The largest absolute Gasteiger partial charge is 0.320 e. The molecule has 1 amide bonds. The Balaban J connectivity index is 1.69. The van der Waals surface area contributed by atoms with Crippen LogP contribution in [0.4, 0.5) is 15.8 Å². The Bertz CT molecular complexity index is 1460. The average Bonchev–Trinajstić information content (AvgIpc) is 2.80. The predicted molar refractivity (Wildman–Crippen MR) is 125 cm³/mol. The average molecular weight is 485 g/mol. The molecule has 0 aliphatic heterocycles. The number of hydrogen-bond donors (Lipinski definition) is 1.